The number of rotatable bonds is 11. The molecule has 0 unspecified atom stereocenters. The minimum Gasteiger partial charge on any atom is -0.484 e. The van der Waals surface area contributed by atoms with Crippen LogP contribution in [0.4, 0.5) is 17.2 Å². The van der Waals surface area contributed by atoms with Gasteiger partial charge in [0.05, 0.1) is 6.61 Å². The molecule has 0 bridgehead atoms. The fraction of sp³-hybridized carbons (Fsp3) is 0.478. The Labute approximate surface area is 196 Å². The van der Waals surface area contributed by atoms with Crippen molar-refractivity contribution in [1.29, 1.82) is 0 Å². The van der Waals surface area contributed by atoms with Crippen molar-refractivity contribution in [2.45, 2.75) is 33.2 Å². The third kappa shape index (κ3) is 6.25. The second-order valence-corrected chi connectivity index (χ2v) is 8.62. The summed E-state index contributed by atoms with van der Waals surface area (Å²) in [5.41, 5.74) is 5.21. The van der Waals surface area contributed by atoms with Gasteiger partial charge in [-0.2, -0.15) is 0 Å². The normalized spacial score (nSPS) is 13.1. The molecule has 1 aliphatic carbocycles. The summed E-state index contributed by atoms with van der Waals surface area (Å²) in [5.74, 6) is -0.167. The first-order valence-corrected chi connectivity index (χ1v) is 11.2. The van der Waals surface area contributed by atoms with Gasteiger partial charge >= 0.3 is 5.69 Å². The Kier molecular flexibility index (Phi) is 8.11. The Bertz CT molecular complexity index is 1150. The number of nitrogens with two attached hydrogens (primary N) is 1. The minimum absolute atomic E-state index is 0.0311. The van der Waals surface area contributed by atoms with Gasteiger partial charge in [0.25, 0.3) is 11.5 Å². The van der Waals surface area contributed by atoms with Crippen molar-refractivity contribution >= 4 is 29.0 Å². The van der Waals surface area contributed by atoms with Crippen LogP contribution in [0.15, 0.2) is 33.9 Å². The van der Waals surface area contributed by atoms with Crippen LogP contribution in [0.2, 0.25) is 0 Å². The van der Waals surface area contributed by atoms with Crippen LogP contribution in [0.25, 0.3) is 0 Å². The number of benzene rings is 1. The second-order valence-electron chi connectivity index (χ2n) is 8.62. The van der Waals surface area contributed by atoms with E-state index in [1.165, 1.54) is 11.7 Å². The molecule has 2 amide bonds. The molecule has 2 aromatic rings. The molecule has 1 aromatic carbocycles. The minimum atomic E-state index is -0.767. The van der Waals surface area contributed by atoms with Gasteiger partial charge in [-0.25, -0.2) is 4.79 Å². The average molecular weight is 474 g/mol. The van der Waals surface area contributed by atoms with Gasteiger partial charge in [-0.05, 0) is 30.9 Å². The lowest BCUT2D eigenvalue weighted by Crippen LogP contribution is -2.44. The third-order valence-electron chi connectivity index (χ3n) is 5.26. The number of carbonyl (C=O) groups is 2. The number of aromatic nitrogens is 2. The SMILES string of the molecule is COCCN(C(=O)COc1cccc(NC(=O)C2CC2)c1)c1c(N)n(CC(C)C)c(=O)[nH]c1=O. The molecule has 1 aromatic heterocycles. The number of ether oxygens (including phenoxy) is 2. The van der Waals surface area contributed by atoms with Crippen LogP contribution in [0, 0.1) is 11.8 Å². The fourth-order valence-electron chi connectivity index (χ4n) is 3.40. The van der Waals surface area contributed by atoms with Gasteiger partial charge in [0.2, 0.25) is 5.91 Å². The summed E-state index contributed by atoms with van der Waals surface area (Å²) in [4.78, 5) is 53.4. The predicted molar refractivity (Wildman–Crippen MR) is 128 cm³/mol. The molecule has 184 valence electrons. The van der Waals surface area contributed by atoms with E-state index in [0.29, 0.717) is 11.4 Å². The van der Waals surface area contributed by atoms with E-state index in [1.54, 1.807) is 24.3 Å². The molecule has 0 aliphatic heterocycles. The number of carbonyl (C=O) groups excluding carboxylic acids is 2. The zero-order valence-electron chi connectivity index (χ0n) is 19.6. The molecule has 0 saturated heterocycles. The van der Waals surface area contributed by atoms with Crippen molar-refractivity contribution in [3.05, 3.63) is 45.1 Å². The molecule has 34 heavy (non-hydrogen) atoms. The number of aromatic amines is 1. The van der Waals surface area contributed by atoms with Gasteiger partial charge in [-0.15, -0.1) is 0 Å². The van der Waals surface area contributed by atoms with Gasteiger partial charge < -0.3 is 20.5 Å². The Hall–Kier alpha value is -3.60. The smallest absolute Gasteiger partial charge is 0.330 e. The fourth-order valence-corrected chi connectivity index (χ4v) is 3.40. The lowest BCUT2D eigenvalue weighted by molar-refractivity contribution is -0.120. The molecular weight excluding hydrogens is 442 g/mol. The number of hydrogen-bond acceptors (Lipinski definition) is 7. The van der Waals surface area contributed by atoms with E-state index in [-0.39, 0.29) is 48.9 Å². The average Bonchev–Trinajstić information content (AvgIpc) is 3.63. The van der Waals surface area contributed by atoms with E-state index in [9.17, 15) is 19.2 Å². The first kappa shape index (κ1) is 25.0. The number of hydrogen-bond donors (Lipinski definition) is 3. The predicted octanol–water partition coefficient (Wildman–Crippen LogP) is 1.18. The van der Waals surface area contributed by atoms with E-state index >= 15 is 0 Å². The largest absolute Gasteiger partial charge is 0.484 e. The quantitative estimate of drug-likeness (QED) is 0.444. The van der Waals surface area contributed by atoms with Crippen molar-refractivity contribution in [3.8, 4) is 5.75 Å². The Morgan fingerprint density at radius 3 is 2.68 bits per heavy atom. The van der Waals surface area contributed by atoms with Crippen LogP contribution in [0.3, 0.4) is 0 Å². The number of H-pyrrole nitrogens is 1. The van der Waals surface area contributed by atoms with Gasteiger partial charge in [0.1, 0.15) is 11.6 Å². The zero-order chi connectivity index (χ0) is 24.8. The molecule has 1 heterocycles. The summed E-state index contributed by atoms with van der Waals surface area (Å²) in [6, 6.07) is 6.72. The van der Waals surface area contributed by atoms with Crippen LogP contribution in [0.5, 0.6) is 5.75 Å². The monoisotopic (exact) mass is 473 g/mol. The van der Waals surface area contributed by atoms with Gasteiger partial charge in [-0.3, -0.25) is 28.8 Å². The van der Waals surface area contributed by atoms with E-state index in [1.807, 2.05) is 13.8 Å². The first-order chi connectivity index (χ1) is 16.2. The molecule has 1 aliphatic rings. The van der Waals surface area contributed by atoms with E-state index in [4.69, 9.17) is 15.2 Å². The number of nitrogens with zero attached hydrogens (tertiary/aromatic N) is 2. The summed E-state index contributed by atoms with van der Waals surface area (Å²) in [7, 11) is 1.47. The molecule has 0 radical (unpaired) electrons. The second kappa shape index (κ2) is 11.0. The summed E-state index contributed by atoms with van der Waals surface area (Å²) in [6.45, 7) is 3.85. The summed E-state index contributed by atoms with van der Waals surface area (Å²) >= 11 is 0. The highest BCUT2D eigenvalue weighted by Gasteiger charge is 2.29. The van der Waals surface area contributed by atoms with E-state index in [0.717, 1.165) is 17.7 Å². The van der Waals surface area contributed by atoms with Gasteiger partial charge in [0, 0.05) is 37.9 Å². The number of anilines is 3. The molecule has 0 atom stereocenters. The van der Waals surface area contributed by atoms with Crippen LogP contribution in [-0.2, 0) is 20.9 Å². The van der Waals surface area contributed by atoms with Crippen LogP contribution in [-0.4, -0.2) is 48.2 Å². The summed E-state index contributed by atoms with van der Waals surface area (Å²) in [6.07, 6.45) is 1.78. The molecule has 0 spiro atoms. The van der Waals surface area contributed by atoms with Crippen molar-refractivity contribution < 1.29 is 19.1 Å². The maximum atomic E-state index is 13.1. The van der Waals surface area contributed by atoms with Crippen LogP contribution in [0.1, 0.15) is 26.7 Å². The zero-order valence-corrected chi connectivity index (χ0v) is 19.6. The lowest BCUT2D eigenvalue weighted by atomic mass is 10.2. The maximum absolute atomic E-state index is 13.1. The summed E-state index contributed by atoms with van der Waals surface area (Å²) in [5, 5.41) is 2.83. The van der Waals surface area contributed by atoms with E-state index < -0.39 is 23.8 Å². The first-order valence-electron chi connectivity index (χ1n) is 11.2. The van der Waals surface area contributed by atoms with Crippen molar-refractivity contribution in [1.82, 2.24) is 9.55 Å². The standard InChI is InChI=1S/C23H31N5O6/c1-14(2)12-28-20(24)19(22(31)26-23(28)32)27(9-10-33-3)18(29)13-34-17-6-4-5-16(11-17)25-21(30)15-7-8-15/h4-6,11,14-15H,7-10,12-13,24H2,1-3H3,(H,25,30)(H,26,31,32). The lowest BCUT2D eigenvalue weighted by Gasteiger charge is -2.24. The number of nitrogen functional groups attached to an aromatic ring is 1. The Balaban J connectivity index is 1.80. The highest BCUT2D eigenvalue weighted by molar-refractivity contribution is 5.96. The van der Waals surface area contributed by atoms with Gasteiger partial charge in [-0.1, -0.05) is 19.9 Å². The highest BCUT2D eigenvalue weighted by atomic mass is 16.5. The number of nitrogens with one attached hydrogen (secondary N) is 2. The topological polar surface area (TPSA) is 149 Å². The Morgan fingerprint density at radius 1 is 1.29 bits per heavy atom. The van der Waals surface area contributed by atoms with Gasteiger partial charge in [0.15, 0.2) is 12.3 Å². The maximum Gasteiger partial charge on any atom is 0.330 e. The molecular formula is C23H31N5O6. The highest BCUT2D eigenvalue weighted by Crippen LogP contribution is 2.30. The molecule has 3 rings (SSSR count). The number of amides is 2. The molecule has 11 nitrogen and oxygen atoms in total. The molecule has 11 heteroatoms. The molecule has 1 fully saturated rings. The summed E-state index contributed by atoms with van der Waals surface area (Å²) < 4.78 is 12.0. The van der Waals surface area contributed by atoms with Crippen molar-refractivity contribution in [2.75, 3.05) is 42.8 Å². The van der Waals surface area contributed by atoms with E-state index in [2.05, 4.69) is 10.3 Å². The van der Waals surface area contributed by atoms with Crippen LogP contribution >= 0.6 is 0 Å². The molecule has 1 saturated carbocycles. The third-order valence-corrected chi connectivity index (χ3v) is 5.26. The molecule has 4 N–H and O–H groups in total. The van der Waals surface area contributed by atoms with Crippen LogP contribution < -0.4 is 31.9 Å². The number of methoxy groups -OCH3 is 1. The Morgan fingerprint density at radius 2 is 2.03 bits per heavy atom. The van der Waals surface area contributed by atoms with Crippen molar-refractivity contribution in [2.24, 2.45) is 11.8 Å². The van der Waals surface area contributed by atoms with Crippen molar-refractivity contribution in [3.63, 3.8) is 0 Å².